The van der Waals surface area contributed by atoms with Crippen LogP contribution < -0.4 is 0 Å². The van der Waals surface area contributed by atoms with Gasteiger partial charge in [0.15, 0.2) is 5.60 Å². The van der Waals surface area contributed by atoms with Crippen molar-refractivity contribution in [3.8, 4) is 0 Å². The fourth-order valence-corrected chi connectivity index (χ4v) is 0.915. The van der Waals surface area contributed by atoms with Crippen molar-refractivity contribution in [2.75, 3.05) is 6.61 Å². The van der Waals surface area contributed by atoms with E-state index >= 15 is 0 Å². The normalized spacial score (nSPS) is 13.1. The first kappa shape index (κ1) is 17.8. The first-order chi connectivity index (χ1) is 6.81. The van der Waals surface area contributed by atoms with Crippen LogP contribution in [-0.4, -0.2) is 75.0 Å². The van der Waals surface area contributed by atoms with Gasteiger partial charge in [0, 0.05) is 0 Å². The molecule has 0 bridgehead atoms. The molecule has 0 fully saturated rings. The van der Waals surface area contributed by atoms with Gasteiger partial charge in [-0.3, -0.25) is 9.59 Å². The predicted octanol–water partition coefficient (Wildman–Crippen LogP) is -1.42. The van der Waals surface area contributed by atoms with E-state index in [-0.39, 0.29) is 36.2 Å². The molecule has 0 aromatic carbocycles. The van der Waals surface area contributed by atoms with Gasteiger partial charge in [0.25, 0.3) is 0 Å². The van der Waals surface area contributed by atoms with Crippen molar-refractivity contribution in [1.29, 1.82) is 0 Å². The van der Waals surface area contributed by atoms with Crippen LogP contribution in [0.3, 0.4) is 0 Å². The molecule has 16 heavy (non-hydrogen) atoms. The number of hydrogen-bond donors (Lipinski definition) is 3. The summed E-state index contributed by atoms with van der Waals surface area (Å²) in [6, 6.07) is 0. The summed E-state index contributed by atoms with van der Waals surface area (Å²) < 4.78 is 4.41. The fraction of sp³-hybridized carbons (Fsp3) is 0.625. The first-order valence-corrected chi connectivity index (χ1v) is 4.15. The minimum atomic E-state index is -2.61. The van der Waals surface area contributed by atoms with Gasteiger partial charge in [0.1, 0.15) is 0 Å². The zero-order valence-corrected chi connectivity index (χ0v) is 8.10. The van der Waals surface area contributed by atoms with Gasteiger partial charge in [-0.05, 0) is 6.92 Å². The van der Waals surface area contributed by atoms with Crippen molar-refractivity contribution in [2.24, 2.45) is 0 Å². The van der Waals surface area contributed by atoms with E-state index in [0.717, 1.165) is 0 Å². The van der Waals surface area contributed by atoms with Crippen LogP contribution in [0.4, 0.5) is 0 Å². The van der Waals surface area contributed by atoms with Crippen molar-refractivity contribution in [2.45, 2.75) is 25.4 Å². The number of aliphatic hydroxyl groups is 1. The Morgan fingerprint density at radius 2 is 1.69 bits per heavy atom. The van der Waals surface area contributed by atoms with E-state index < -0.39 is 36.4 Å². The van der Waals surface area contributed by atoms with Crippen LogP contribution in [0, 0.1) is 0 Å². The third-order valence-electron chi connectivity index (χ3n) is 1.58. The topological polar surface area (TPSA) is 121 Å². The molecule has 0 heterocycles. The van der Waals surface area contributed by atoms with Gasteiger partial charge in [0.05, 0.1) is 19.4 Å². The number of esters is 1. The van der Waals surface area contributed by atoms with Crippen molar-refractivity contribution in [1.82, 2.24) is 0 Å². The first-order valence-electron chi connectivity index (χ1n) is 4.15. The standard InChI is InChI=1S/C8H12O7.Na.H/c1-2-15-6(11)4-8(14,7(12)13)3-5(9)10;;/h14H,2-4H2,1H3,(H,9,10)(H,12,13);;. The summed E-state index contributed by atoms with van der Waals surface area (Å²) in [4.78, 5) is 31.8. The second-order valence-corrected chi connectivity index (χ2v) is 2.89. The van der Waals surface area contributed by atoms with Crippen LogP contribution in [-0.2, 0) is 19.1 Å². The molecule has 7 nitrogen and oxygen atoms in total. The summed E-state index contributed by atoms with van der Waals surface area (Å²) in [6.07, 6.45) is -1.94. The zero-order valence-electron chi connectivity index (χ0n) is 8.10. The number of carboxylic acid groups (broad SMARTS) is 2. The summed E-state index contributed by atoms with van der Waals surface area (Å²) >= 11 is 0. The van der Waals surface area contributed by atoms with Crippen molar-refractivity contribution in [3.63, 3.8) is 0 Å². The molecule has 0 radical (unpaired) electrons. The van der Waals surface area contributed by atoms with Crippen LogP contribution in [0.15, 0.2) is 0 Å². The molecule has 0 aromatic rings. The Labute approximate surface area is 114 Å². The van der Waals surface area contributed by atoms with E-state index in [1.807, 2.05) is 0 Å². The van der Waals surface area contributed by atoms with Gasteiger partial charge in [0.2, 0.25) is 0 Å². The molecule has 0 saturated carbocycles. The Bertz CT molecular complexity index is 278. The Morgan fingerprint density at radius 3 is 2.00 bits per heavy atom. The molecule has 0 amide bonds. The van der Waals surface area contributed by atoms with Crippen LogP contribution >= 0.6 is 0 Å². The second-order valence-electron chi connectivity index (χ2n) is 2.89. The molecular weight excluding hydrogens is 231 g/mol. The van der Waals surface area contributed by atoms with Crippen molar-refractivity contribution >= 4 is 47.5 Å². The van der Waals surface area contributed by atoms with Gasteiger partial charge < -0.3 is 20.1 Å². The molecule has 0 aliphatic heterocycles. The Hall–Kier alpha value is -0.630. The number of carbonyl (C=O) groups excluding carboxylic acids is 1. The zero-order chi connectivity index (χ0) is 12.1. The Balaban J connectivity index is 0. The molecule has 0 spiro atoms. The number of aliphatic carboxylic acids is 2. The maximum atomic E-state index is 10.9. The van der Waals surface area contributed by atoms with E-state index in [4.69, 9.17) is 10.2 Å². The van der Waals surface area contributed by atoms with Crippen molar-refractivity contribution in [3.05, 3.63) is 0 Å². The molecule has 0 rings (SSSR count). The molecular formula is C8H13NaO7. The number of ether oxygens (including phenoxy) is 1. The molecule has 0 saturated heterocycles. The number of rotatable bonds is 6. The molecule has 0 aliphatic rings. The number of carbonyl (C=O) groups is 3. The molecule has 8 heteroatoms. The monoisotopic (exact) mass is 244 g/mol. The molecule has 1 atom stereocenters. The third kappa shape index (κ3) is 6.06. The van der Waals surface area contributed by atoms with Gasteiger partial charge in [-0.2, -0.15) is 0 Å². The van der Waals surface area contributed by atoms with Gasteiger partial charge in [-0.1, -0.05) is 0 Å². The quantitative estimate of drug-likeness (QED) is 0.387. The van der Waals surface area contributed by atoms with E-state index in [1.165, 1.54) is 6.92 Å². The summed E-state index contributed by atoms with van der Waals surface area (Å²) in [6.45, 7) is 1.54. The molecule has 88 valence electrons. The molecule has 0 aliphatic carbocycles. The summed E-state index contributed by atoms with van der Waals surface area (Å²) in [5.74, 6) is -4.23. The average molecular weight is 244 g/mol. The van der Waals surface area contributed by atoms with Crippen LogP contribution in [0.2, 0.25) is 0 Å². The van der Waals surface area contributed by atoms with Gasteiger partial charge in [-0.25, -0.2) is 4.79 Å². The van der Waals surface area contributed by atoms with Gasteiger partial charge in [-0.15, -0.1) is 0 Å². The number of carboxylic acids is 2. The summed E-state index contributed by atoms with van der Waals surface area (Å²) in [5.41, 5.74) is -2.61. The second kappa shape index (κ2) is 7.61. The van der Waals surface area contributed by atoms with Gasteiger partial charge >= 0.3 is 47.5 Å². The van der Waals surface area contributed by atoms with E-state index in [1.54, 1.807) is 0 Å². The molecule has 3 N–H and O–H groups in total. The van der Waals surface area contributed by atoms with Crippen molar-refractivity contribution < 1.29 is 34.4 Å². The molecule has 0 aromatic heterocycles. The third-order valence-corrected chi connectivity index (χ3v) is 1.58. The predicted molar refractivity (Wildman–Crippen MR) is 53.2 cm³/mol. The maximum absolute atomic E-state index is 10.9. The van der Waals surface area contributed by atoms with Crippen LogP contribution in [0.1, 0.15) is 19.8 Å². The number of hydrogen-bond acceptors (Lipinski definition) is 5. The Kier molecular flexibility index (Phi) is 8.45. The molecule has 1 unspecified atom stereocenters. The van der Waals surface area contributed by atoms with Crippen LogP contribution in [0.5, 0.6) is 0 Å². The Morgan fingerprint density at radius 1 is 1.19 bits per heavy atom. The van der Waals surface area contributed by atoms with E-state index in [9.17, 15) is 19.5 Å². The summed E-state index contributed by atoms with van der Waals surface area (Å²) in [5, 5.41) is 26.3. The van der Waals surface area contributed by atoms with E-state index in [0.29, 0.717) is 0 Å². The SMILES string of the molecule is CCOC(=O)CC(O)(CC(=O)O)C(=O)O.[NaH]. The van der Waals surface area contributed by atoms with E-state index in [2.05, 4.69) is 4.74 Å². The fourth-order valence-electron chi connectivity index (χ4n) is 0.915. The average Bonchev–Trinajstić information content (AvgIpc) is 2.01. The summed E-state index contributed by atoms with van der Waals surface area (Å²) in [7, 11) is 0. The van der Waals surface area contributed by atoms with Crippen LogP contribution in [0.25, 0.3) is 0 Å². The minimum absolute atomic E-state index is 0.